The molecule has 0 radical (unpaired) electrons. The van der Waals surface area contributed by atoms with Crippen molar-refractivity contribution in [1.82, 2.24) is 0 Å². The topological polar surface area (TPSA) is 46.5 Å². The molecule has 3 heteroatoms. The summed E-state index contributed by atoms with van der Waals surface area (Å²) in [4.78, 5) is 12.1. The Bertz CT molecular complexity index is 596. The van der Waals surface area contributed by atoms with Gasteiger partial charge in [-0.15, -0.1) is 0 Å². The summed E-state index contributed by atoms with van der Waals surface area (Å²) in [6, 6.07) is 3.97. The number of carbonyl (C=O) groups is 1. The minimum Gasteiger partial charge on any atom is -0.507 e. The van der Waals surface area contributed by atoms with Crippen LogP contribution < -0.4 is 4.74 Å². The molecule has 1 aliphatic heterocycles. The van der Waals surface area contributed by atoms with Gasteiger partial charge in [0.1, 0.15) is 17.1 Å². The van der Waals surface area contributed by atoms with Crippen LogP contribution in [0.2, 0.25) is 0 Å². The normalized spacial score (nSPS) is 22.0. The fourth-order valence-corrected chi connectivity index (χ4v) is 1.27. The summed E-state index contributed by atoms with van der Waals surface area (Å²) in [5, 5.41) is 9.60. The van der Waals surface area contributed by atoms with Crippen molar-refractivity contribution in [3.8, 4) is 11.5 Å². The predicted octanol–water partition coefficient (Wildman–Crippen LogP) is 2.26. The molecule has 1 aliphatic rings. The number of ketones is 1. The maximum Gasteiger partial charge on any atom is 0.235 e. The number of hydrogen-bond acceptors (Lipinski definition) is 3. The van der Waals surface area contributed by atoms with Gasteiger partial charge in [0.25, 0.3) is 0 Å². The van der Waals surface area contributed by atoms with E-state index < -0.39 is 36.6 Å². The Kier molecular flexibility index (Phi) is 0.856. The lowest BCUT2D eigenvalue weighted by Gasteiger charge is -1.98. The molecular formula is C11H10O3. The highest BCUT2D eigenvalue weighted by Crippen LogP contribution is 2.37. The largest absolute Gasteiger partial charge is 0.507 e. The van der Waals surface area contributed by atoms with Crippen LogP contribution in [-0.2, 0) is 0 Å². The zero-order valence-corrected chi connectivity index (χ0v) is 7.00. The quantitative estimate of drug-likeness (QED) is 0.647. The van der Waals surface area contributed by atoms with Crippen LogP contribution in [0.25, 0.3) is 0 Å². The van der Waals surface area contributed by atoms with E-state index in [9.17, 15) is 9.90 Å². The summed E-state index contributed by atoms with van der Waals surface area (Å²) < 4.78 is 48.8. The number of carbonyl (C=O) groups excluding carboxylic acids is 1. The molecule has 1 aromatic carbocycles. The Morgan fingerprint density at radius 3 is 2.93 bits per heavy atom. The van der Waals surface area contributed by atoms with Gasteiger partial charge in [-0.3, -0.25) is 4.79 Å². The lowest BCUT2D eigenvalue weighted by Crippen LogP contribution is -2.00. The van der Waals surface area contributed by atoms with Gasteiger partial charge in [-0.1, -0.05) is 6.07 Å². The molecule has 72 valence electrons. The highest BCUT2D eigenvalue weighted by atomic mass is 16.5. The summed E-state index contributed by atoms with van der Waals surface area (Å²) in [6.45, 7) is -6.01. The van der Waals surface area contributed by atoms with Crippen LogP contribution in [0.4, 0.5) is 0 Å². The predicted molar refractivity (Wildman–Crippen MR) is 51.4 cm³/mol. The van der Waals surface area contributed by atoms with Gasteiger partial charge < -0.3 is 9.84 Å². The number of phenols is 1. The van der Waals surface area contributed by atoms with Crippen molar-refractivity contribution in [3.63, 3.8) is 0 Å². The number of rotatable bonds is 0. The summed E-state index contributed by atoms with van der Waals surface area (Å²) >= 11 is 0. The fraction of sp³-hybridized carbons (Fsp3) is 0.182. The highest BCUT2D eigenvalue weighted by molar-refractivity contribution is 6.14. The third-order valence-electron chi connectivity index (χ3n) is 1.88. The second-order valence-corrected chi connectivity index (χ2v) is 2.79. The molecule has 1 aromatic rings. The molecule has 0 atom stereocenters. The first-order valence-electron chi connectivity index (χ1n) is 6.83. The third kappa shape index (κ3) is 1.09. The molecule has 0 amide bonds. The lowest BCUT2D eigenvalue weighted by molar-refractivity contribution is 0.101. The van der Waals surface area contributed by atoms with E-state index in [2.05, 4.69) is 0 Å². The first-order valence-corrected chi connectivity index (χ1v) is 3.83. The van der Waals surface area contributed by atoms with Crippen LogP contribution in [0.3, 0.4) is 0 Å². The zero-order valence-electron chi connectivity index (χ0n) is 13.0. The molecule has 0 saturated carbocycles. The van der Waals surface area contributed by atoms with Crippen LogP contribution in [0.15, 0.2) is 29.5 Å². The molecule has 0 aliphatic carbocycles. The molecule has 1 heterocycles. The maximum absolute atomic E-state index is 12.1. The zero-order chi connectivity index (χ0) is 15.3. The van der Waals surface area contributed by atoms with E-state index in [4.69, 9.17) is 13.0 Å². The molecule has 1 N–H and O–H groups in total. The lowest BCUT2D eigenvalue weighted by atomic mass is 10.1. The minimum atomic E-state index is -3.01. The monoisotopic (exact) mass is 196 g/mol. The first-order chi connectivity index (χ1) is 9.03. The smallest absolute Gasteiger partial charge is 0.235 e. The average molecular weight is 196 g/mol. The number of benzene rings is 1. The van der Waals surface area contributed by atoms with Gasteiger partial charge in [0.2, 0.25) is 5.78 Å². The third-order valence-corrected chi connectivity index (χ3v) is 1.88. The number of ether oxygens (including phenoxy) is 1. The standard InChI is InChI=1S/C11H10O3/c1-6(2)11-10(13)9-7(12)4-3-5-8(9)14-11/h3-5,12H,1-2H3/i1D3,2D3. The molecule has 0 saturated heterocycles. The summed E-state index contributed by atoms with van der Waals surface area (Å²) in [5.74, 6) is -2.16. The van der Waals surface area contributed by atoms with Crippen molar-refractivity contribution in [3.05, 3.63) is 35.1 Å². The van der Waals surface area contributed by atoms with Crippen molar-refractivity contribution >= 4 is 5.78 Å². The Balaban J connectivity index is 2.68. The van der Waals surface area contributed by atoms with Gasteiger partial charge in [0.05, 0.1) is 0 Å². The molecule has 0 spiro atoms. The molecule has 2 rings (SSSR count). The van der Waals surface area contributed by atoms with Crippen LogP contribution >= 0.6 is 0 Å². The maximum atomic E-state index is 12.1. The van der Waals surface area contributed by atoms with Crippen molar-refractivity contribution < 1.29 is 22.9 Å². The number of phenolic OH excluding ortho intramolecular Hbond substituents is 1. The van der Waals surface area contributed by atoms with Gasteiger partial charge in [0, 0.05) is 8.22 Å². The Hall–Kier alpha value is -1.77. The SMILES string of the molecule is [2H]C([2H])([2H])C(=C1Oc2cccc(O)c2C1=O)C([2H])([2H])[2H]. The van der Waals surface area contributed by atoms with Gasteiger partial charge in [0.15, 0.2) is 5.76 Å². The van der Waals surface area contributed by atoms with Gasteiger partial charge in [-0.2, -0.15) is 0 Å². The number of hydrogen-bond donors (Lipinski definition) is 1. The molecule has 3 nitrogen and oxygen atoms in total. The fourth-order valence-electron chi connectivity index (χ4n) is 1.27. The highest BCUT2D eigenvalue weighted by Gasteiger charge is 2.30. The summed E-state index contributed by atoms with van der Waals surface area (Å²) in [7, 11) is 0. The minimum absolute atomic E-state index is 0.0593. The van der Waals surface area contributed by atoms with Crippen LogP contribution in [0.1, 0.15) is 32.3 Å². The molecular weight excluding hydrogens is 180 g/mol. The molecule has 0 bridgehead atoms. The van der Waals surface area contributed by atoms with E-state index in [0.717, 1.165) is 0 Å². The van der Waals surface area contributed by atoms with Crippen LogP contribution in [0.5, 0.6) is 11.5 Å². The first kappa shape index (κ1) is 4.17. The van der Waals surface area contributed by atoms with Crippen molar-refractivity contribution in [2.75, 3.05) is 0 Å². The number of aromatic hydroxyl groups is 1. The number of fused-ring (bicyclic) bond motifs is 1. The van der Waals surface area contributed by atoms with Gasteiger partial charge >= 0.3 is 0 Å². The van der Waals surface area contributed by atoms with Crippen LogP contribution in [-0.4, -0.2) is 10.9 Å². The summed E-state index contributed by atoms with van der Waals surface area (Å²) in [6.07, 6.45) is 0. The van der Waals surface area contributed by atoms with E-state index in [1.54, 1.807) is 0 Å². The van der Waals surface area contributed by atoms with E-state index in [0.29, 0.717) is 0 Å². The number of allylic oxidation sites excluding steroid dienone is 2. The second-order valence-electron chi connectivity index (χ2n) is 2.79. The molecule has 0 aromatic heterocycles. The Morgan fingerprint density at radius 1 is 1.50 bits per heavy atom. The van der Waals surface area contributed by atoms with Crippen LogP contribution in [0, 0.1) is 0 Å². The van der Waals surface area contributed by atoms with E-state index in [1.165, 1.54) is 18.2 Å². The van der Waals surface area contributed by atoms with Gasteiger partial charge in [-0.25, -0.2) is 0 Å². The Morgan fingerprint density at radius 2 is 2.29 bits per heavy atom. The summed E-state index contributed by atoms with van der Waals surface area (Å²) in [5.41, 5.74) is -1.26. The van der Waals surface area contributed by atoms with E-state index in [-0.39, 0.29) is 11.3 Å². The molecule has 0 unspecified atom stereocenters. The van der Waals surface area contributed by atoms with Crippen molar-refractivity contribution in [2.24, 2.45) is 0 Å². The van der Waals surface area contributed by atoms with Gasteiger partial charge in [-0.05, 0) is 31.4 Å². The van der Waals surface area contributed by atoms with Crippen molar-refractivity contribution in [1.29, 1.82) is 0 Å². The molecule has 0 fully saturated rings. The average Bonchev–Trinajstić information content (AvgIpc) is 2.53. The second kappa shape index (κ2) is 2.87. The van der Waals surface area contributed by atoms with E-state index in [1.807, 2.05) is 0 Å². The van der Waals surface area contributed by atoms with Crippen molar-refractivity contribution in [2.45, 2.75) is 13.7 Å². The number of Topliss-reactive ketones (excluding diaryl/α,β-unsaturated/α-hetero) is 1. The van der Waals surface area contributed by atoms with E-state index >= 15 is 0 Å². The Labute approximate surface area is 90.1 Å². The molecule has 14 heavy (non-hydrogen) atoms.